The summed E-state index contributed by atoms with van der Waals surface area (Å²) in [6.07, 6.45) is 7.31. The molecule has 0 amide bonds. The number of halogens is 1. The molecule has 6 heteroatoms. The van der Waals surface area contributed by atoms with Crippen molar-refractivity contribution in [2.24, 2.45) is 0 Å². The molecule has 3 aromatic rings. The van der Waals surface area contributed by atoms with Crippen molar-refractivity contribution in [2.75, 3.05) is 11.9 Å². The van der Waals surface area contributed by atoms with Gasteiger partial charge in [-0.2, -0.15) is 0 Å². The molecule has 0 bridgehead atoms. The molecule has 1 aliphatic rings. The Hall–Kier alpha value is -2.21. The molecular weight excluding hydrogens is 366 g/mol. The summed E-state index contributed by atoms with van der Waals surface area (Å²) in [5, 5.41) is 8.58. The van der Waals surface area contributed by atoms with Crippen LogP contribution in [0.15, 0.2) is 47.2 Å². The van der Waals surface area contributed by atoms with Crippen molar-refractivity contribution in [2.45, 2.75) is 25.8 Å². The van der Waals surface area contributed by atoms with Crippen molar-refractivity contribution < 1.29 is 0 Å². The summed E-state index contributed by atoms with van der Waals surface area (Å²) in [5.74, 6) is 0. The lowest BCUT2D eigenvalue weighted by molar-refractivity contribution is 0.791. The Morgan fingerprint density at radius 3 is 3.04 bits per heavy atom. The Balaban J connectivity index is 1.55. The Labute approximate surface area is 149 Å². The highest BCUT2D eigenvalue weighted by molar-refractivity contribution is 9.10. The summed E-state index contributed by atoms with van der Waals surface area (Å²) in [5.41, 5.74) is 5.84. The van der Waals surface area contributed by atoms with Gasteiger partial charge in [0.1, 0.15) is 5.69 Å². The second-order valence-electron chi connectivity index (χ2n) is 6.10. The van der Waals surface area contributed by atoms with Crippen LogP contribution in [-0.2, 0) is 19.4 Å². The molecular formula is C18H18BrN5. The van der Waals surface area contributed by atoms with Gasteiger partial charge < -0.3 is 4.90 Å². The lowest BCUT2D eigenvalue weighted by Gasteiger charge is -2.20. The summed E-state index contributed by atoms with van der Waals surface area (Å²) < 4.78 is 2.84. The number of benzene rings is 1. The first-order valence-corrected chi connectivity index (χ1v) is 8.85. The van der Waals surface area contributed by atoms with E-state index in [-0.39, 0.29) is 0 Å². The van der Waals surface area contributed by atoms with Crippen molar-refractivity contribution >= 4 is 21.6 Å². The molecule has 1 aromatic carbocycles. The lowest BCUT2D eigenvalue weighted by Crippen LogP contribution is -2.18. The monoisotopic (exact) mass is 383 g/mol. The van der Waals surface area contributed by atoms with Crippen LogP contribution >= 0.6 is 15.9 Å². The highest BCUT2D eigenvalue weighted by Crippen LogP contribution is 2.29. The number of pyridine rings is 1. The molecule has 0 saturated heterocycles. The van der Waals surface area contributed by atoms with Crippen LogP contribution in [0.2, 0.25) is 0 Å². The van der Waals surface area contributed by atoms with Crippen LogP contribution in [0.3, 0.4) is 0 Å². The van der Waals surface area contributed by atoms with Crippen LogP contribution < -0.4 is 4.90 Å². The van der Waals surface area contributed by atoms with Gasteiger partial charge in [0.05, 0.1) is 18.4 Å². The summed E-state index contributed by atoms with van der Waals surface area (Å²) in [6.45, 7) is 0.727. The fraction of sp³-hybridized carbons (Fsp3) is 0.278. The van der Waals surface area contributed by atoms with Crippen molar-refractivity contribution in [1.82, 2.24) is 20.0 Å². The molecule has 5 nitrogen and oxygen atoms in total. The molecule has 0 saturated carbocycles. The van der Waals surface area contributed by atoms with Crippen LogP contribution in [-0.4, -0.2) is 27.0 Å². The topological polar surface area (TPSA) is 46.8 Å². The van der Waals surface area contributed by atoms with E-state index in [4.69, 9.17) is 0 Å². The molecule has 0 atom stereocenters. The fourth-order valence-corrected chi connectivity index (χ4v) is 3.63. The third-order valence-electron chi connectivity index (χ3n) is 4.38. The first-order valence-electron chi connectivity index (χ1n) is 8.06. The van der Waals surface area contributed by atoms with Crippen LogP contribution in [0.5, 0.6) is 0 Å². The van der Waals surface area contributed by atoms with Gasteiger partial charge >= 0.3 is 0 Å². The third kappa shape index (κ3) is 2.94. The average Bonchev–Trinajstić information content (AvgIpc) is 3.23. The summed E-state index contributed by atoms with van der Waals surface area (Å²) in [7, 11) is 2.10. The third-order valence-corrected chi connectivity index (χ3v) is 4.88. The maximum Gasteiger partial charge on any atom is 0.102 e. The standard InChI is InChI=1S/C18H18BrN5/c1-23(18-8-9-20-17-7-3-6-16(17)18)11-14-12-24(22-21-14)15-5-2-4-13(19)10-15/h2,4-5,8-10,12H,3,6-7,11H2,1H3. The van der Waals surface area contributed by atoms with E-state index in [0.29, 0.717) is 0 Å². The Kier molecular flexibility index (Phi) is 4.06. The zero-order valence-electron chi connectivity index (χ0n) is 13.5. The minimum Gasteiger partial charge on any atom is -0.368 e. The van der Waals surface area contributed by atoms with Gasteiger partial charge in [0.15, 0.2) is 0 Å². The molecule has 24 heavy (non-hydrogen) atoms. The van der Waals surface area contributed by atoms with E-state index in [1.807, 2.05) is 41.3 Å². The summed E-state index contributed by atoms with van der Waals surface area (Å²) in [4.78, 5) is 6.74. The molecule has 0 aliphatic heterocycles. The zero-order chi connectivity index (χ0) is 16.5. The predicted octanol–water partition coefficient (Wildman–Crippen LogP) is 3.55. The maximum atomic E-state index is 4.50. The van der Waals surface area contributed by atoms with E-state index in [1.54, 1.807) is 0 Å². The largest absolute Gasteiger partial charge is 0.368 e. The molecule has 0 fully saturated rings. The quantitative estimate of drug-likeness (QED) is 0.690. The predicted molar refractivity (Wildman–Crippen MR) is 97.4 cm³/mol. The van der Waals surface area contributed by atoms with Gasteiger partial charge in [-0.1, -0.05) is 27.2 Å². The van der Waals surface area contributed by atoms with Crippen molar-refractivity contribution in [3.8, 4) is 5.69 Å². The second-order valence-corrected chi connectivity index (χ2v) is 7.01. The van der Waals surface area contributed by atoms with Gasteiger partial charge in [-0.05, 0) is 49.1 Å². The van der Waals surface area contributed by atoms with Gasteiger partial charge in [-0.3, -0.25) is 4.98 Å². The Morgan fingerprint density at radius 2 is 2.17 bits per heavy atom. The van der Waals surface area contributed by atoms with Crippen LogP contribution in [0, 0.1) is 0 Å². The van der Waals surface area contributed by atoms with E-state index in [0.717, 1.165) is 35.2 Å². The number of rotatable bonds is 4. The van der Waals surface area contributed by atoms with Gasteiger partial charge in [0.25, 0.3) is 0 Å². The van der Waals surface area contributed by atoms with E-state index in [9.17, 15) is 0 Å². The highest BCUT2D eigenvalue weighted by atomic mass is 79.9. The molecule has 2 aromatic heterocycles. The van der Waals surface area contributed by atoms with Gasteiger partial charge in [0, 0.05) is 29.1 Å². The number of aryl methyl sites for hydroxylation is 1. The number of hydrogen-bond acceptors (Lipinski definition) is 4. The van der Waals surface area contributed by atoms with Crippen molar-refractivity contribution in [1.29, 1.82) is 0 Å². The molecule has 1 aliphatic carbocycles. The number of anilines is 1. The molecule has 4 rings (SSSR count). The Morgan fingerprint density at radius 1 is 1.25 bits per heavy atom. The summed E-state index contributed by atoms with van der Waals surface area (Å²) >= 11 is 3.49. The first kappa shape index (κ1) is 15.3. The number of aromatic nitrogens is 4. The normalized spacial score (nSPS) is 13.1. The van der Waals surface area contributed by atoms with E-state index in [1.165, 1.54) is 23.4 Å². The number of hydrogen-bond donors (Lipinski definition) is 0. The van der Waals surface area contributed by atoms with Gasteiger partial charge in [0.2, 0.25) is 0 Å². The van der Waals surface area contributed by atoms with Crippen LogP contribution in [0.25, 0.3) is 5.69 Å². The lowest BCUT2D eigenvalue weighted by atomic mass is 10.1. The van der Waals surface area contributed by atoms with Gasteiger partial charge in [-0.15, -0.1) is 5.10 Å². The minimum atomic E-state index is 0.727. The Bertz CT molecular complexity index is 873. The summed E-state index contributed by atoms with van der Waals surface area (Å²) in [6, 6.07) is 10.1. The SMILES string of the molecule is CN(Cc1cn(-c2cccc(Br)c2)nn1)c1ccnc2c1CCC2. The highest BCUT2D eigenvalue weighted by Gasteiger charge is 2.18. The van der Waals surface area contributed by atoms with Gasteiger partial charge in [-0.25, -0.2) is 4.68 Å². The van der Waals surface area contributed by atoms with Crippen molar-refractivity contribution in [3.63, 3.8) is 0 Å². The van der Waals surface area contributed by atoms with E-state index in [2.05, 4.69) is 49.2 Å². The van der Waals surface area contributed by atoms with E-state index >= 15 is 0 Å². The van der Waals surface area contributed by atoms with E-state index < -0.39 is 0 Å². The molecule has 0 N–H and O–H groups in total. The molecule has 0 spiro atoms. The molecule has 2 heterocycles. The first-order chi connectivity index (χ1) is 11.7. The zero-order valence-corrected chi connectivity index (χ0v) is 15.1. The number of nitrogens with zero attached hydrogens (tertiary/aromatic N) is 5. The van der Waals surface area contributed by atoms with Crippen LogP contribution in [0.1, 0.15) is 23.4 Å². The molecule has 122 valence electrons. The fourth-order valence-electron chi connectivity index (χ4n) is 3.25. The van der Waals surface area contributed by atoms with Crippen molar-refractivity contribution in [3.05, 3.63) is 64.1 Å². The smallest absolute Gasteiger partial charge is 0.102 e. The molecule has 0 radical (unpaired) electrons. The van der Waals surface area contributed by atoms with Crippen LogP contribution in [0.4, 0.5) is 5.69 Å². The number of fused-ring (bicyclic) bond motifs is 1. The second kappa shape index (κ2) is 6.36. The molecule has 0 unspecified atom stereocenters. The minimum absolute atomic E-state index is 0.727. The maximum absolute atomic E-state index is 4.50. The average molecular weight is 384 g/mol.